The van der Waals surface area contributed by atoms with E-state index in [2.05, 4.69) is 10.0 Å². The second-order valence-corrected chi connectivity index (χ2v) is 6.81. The molecule has 0 spiro atoms. The van der Waals surface area contributed by atoms with E-state index < -0.39 is 0 Å². The first-order valence-electron chi connectivity index (χ1n) is 8.52. The Morgan fingerprint density at radius 2 is 2.16 bits per heavy atom. The number of hydrazone groups is 1. The number of nitrogens with zero attached hydrogens (tertiary/aromatic N) is 3. The largest absolute Gasteiger partial charge is 0.295 e. The van der Waals surface area contributed by atoms with E-state index >= 15 is 0 Å². The molecule has 0 saturated carbocycles. The van der Waals surface area contributed by atoms with E-state index in [9.17, 15) is 9.18 Å². The third-order valence-electron chi connectivity index (χ3n) is 4.51. The fraction of sp³-hybridized carbons (Fsp3) is 0.368. The summed E-state index contributed by atoms with van der Waals surface area (Å²) in [5, 5.41) is 10.2. The Balaban J connectivity index is 1.89. The second-order valence-electron chi connectivity index (χ2n) is 6.03. The average molecular weight is 359 g/mol. The van der Waals surface area contributed by atoms with Crippen LogP contribution in [0.3, 0.4) is 0 Å². The Labute approximate surface area is 151 Å². The Morgan fingerprint density at radius 3 is 2.80 bits per heavy atom. The second kappa shape index (κ2) is 7.89. The van der Waals surface area contributed by atoms with Crippen molar-refractivity contribution in [1.29, 1.82) is 0 Å². The summed E-state index contributed by atoms with van der Waals surface area (Å²) in [6.45, 7) is 6.00. The molecular weight excluding hydrogens is 337 g/mol. The lowest BCUT2D eigenvalue weighted by Gasteiger charge is -2.25. The van der Waals surface area contributed by atoms with Crippen LogP contribution in [0.2, 0.25) is 0 Å². The maximum Gasteiger partial charge on any atom is 0.257 e. The Hall–Kier alpha value is -2.05. The molecule has 1 aromatic heterocycles. The number of hydrogen-bond acceptors (Lipinski definition) is 4. The topological polar surface area (TPSA) is 35.9 Å². The lowest BCUT2D eigenvalue weighted by atomic mass is 9.99. The lowest BCUT2D eigenvalue weighted by Crippen LogP contribution is -2.38. The molecule has 6 heteroatoms. The van der Waals surface area contributed by atoms with Gasteiger partial charge < -0.3 is 0 Å². The molecule has 1 aliphatic heterocycles. The summed E-state index contributed by atoms with van der Waals surface area (Å²) in [5.41, 5.74) is 2.69. The summed E-state index contributed by atoms with van der Waals surface area (Å²) in [6, 6.07) is 8.20. The molecule has 25 heavy (non-hydrogen) atoms. The van der Waals surface area contributed by atoms with E-state index in [1.165, 1.54) is 12.1 Å². The van der Waals surface area contributed by atoms with Crippen LogP contribution in [0.5, 0.6) is 0 Å². The van der Waals surface area contributed by atoms with Crippen LogP contribution >= 0.6 is 11.3 Å². The van der Waals surface area contributed by atoms with Gasteiger partial charge in [0.2, 0.25) is 0 Å². The van der Waals surface area contributed by atoms with Crippen LogP contribution in [0.4, 0.5) is 4.39 Å². The van der Waals surface area contributed by atoms with Crippen LogP contribution in [0.1, 0.15) is 37.4 Å². The molecule has 1 aliphatic rings. The molecule has 1 atom stereocenters. The number of thiophene rings is 1. The summed E-state index contributed by atoms with van der Waals surface area (Å²) in [4.78, 5) is 14.9. The fourth-order valence-electron chi connectivity index (χ4n) is 3.03. The number of halogens is 1. The normalized spacial score (nSPS) is 17.2. The number of carbonyl (C=O) groups excluding carboxylic acids is 1. The van der Waals surface area contributed by atoms with Crippen molar-refractivity contribution in [3.8, 4) is 0 Å². The highest BCUT2D eigenvalue weighted by Crippen LogP contribution is 2.33. The van der Waals surface area contributed by atoms with Crippen molar-refractivity contribution in [3.05, 3.63) is 58.0 Å². The molecule has 0 aliphatic carbocycles. The lowest BCUT2D eigenvalue weighted by molar-refractivity contribution is -0.134. The van der Waals surface area contributed by atoms with Gasteiger partial charge in [-0.25, -0.2) is 9.40 Å². The van der Waals surface area contributed by atoms with Crippen LogP contribution in [0.25, 0.3) is 0 Å². The van der Waals surface area contributed by atoms with E-state index in [1.54, 1.807) is 22.4 Å². The van der Waals surface area contributed by atoms with Gasteiger partial charge in [-0.2, -0.15) is 16.4 Å². The van der Waals surface area contributed by atoms with Crippen molar-refractivity contribution in [3.63, 3.8) is 0 Å². The van der Waals surface area contributed by atoms with Crippen molar-refractivity contribution < 1.29 is 9.18 Å². The smallest absolute Gasteiger partial charge is 0.257 e. The standard InChI is InChI=1S/C19H22FN3OS/c1-3-22(4-2)12-19(24)23-18(14-6-5-7-16(20)10-14)11-17(21-23)15-8-9-25-13-15/h5-10,13,18H,3-4,11-12H2,1-2H3/t18-/m1/s1. The van der Waals surface area contributed by atoms with Gasteiger partial charge in [-0.05, 0) is 47.6 Å². The molecule has 132 valence electrons. The van der Waals surface area contributed by atoms with Crippen LogP contribution in [0.15, 0.2) is 46.2 Å². The highest BCUT2D eigenvalue weighted by Gasteiger charge is 2.33. The quantitative estimate of drug-likeness (QED) is 0.784. The minimum absolute atomic E-state index is 0.0526. The molecule has 0 saturated heterocycles. The molecule has 2 heterocycles. The van der Waals surface area contributed by atoms with Crippen molar-refractivity contribution >= 4 is 23.0 Å². The van der Waals surface area contributed by atoms with Crippen molar-refractivity contribution in [2.75, 3.05) is 19.6 Å². The summed E-state index contributed by atoms with van der Waals surface area (Å²) in [7, 11) is 0. The third-order valence-corrected chi connectivity index (χ3v) is 5.19. The molecule has 0 N–H and O–H groups in total. The fourth-order valence-corrected chi connectivity index (χ4v) is 3.69. The van der Waals surface area contributed by atoms with Crippen molar-refractivity contribution in [2.45, 2.75) is 26.3 Å². The van der Waals surface area contributed by atoms with Gasteiger partial charge in [0.05, 0.1) is 18.3 Å². The molecule has 0 unspecified atom stereocenters. The van der Waals surface area contributed by atoms with Gasteiger partial charge in [0, 0.05) is 12.0 Å². The number of hydrogen-bond donors (Lipinski definition) is 0. The number of benzene rings is 1. The van der Waals surface area contributed by atoms with Crippen molar-refractivity contribution in [2.24, 2.45) is 5.10 Å². The molecular formula is C19H22FN3OS. The van der Waals surface area contributed by atoms with E-state index in [0.717, 1.165) is 29.9 Å². The zero-order valence-corrected chi connectivity index (χ0v) is 15.3. The van der Waals surface area contributed by atoms with Gasteiger partial charge in [0.25, 0.3) is 5.91 Å². The average Bonchev–Trinajstić information content (AvgIpc) is 3.28. The first-order chi connectivity index (χ1) is 12.1. The Kier molecular flexibility index (Phi) is 5.60. The van der Waals surface area contributed by atoms with Gasteiger partial charge in [-0.1, -0.05) is 26.0 Å². The van der Waals surface area contributed by atoms with Crippen LogP contribution in [-0.2, 0) is 4.79 Å². The van der Waals surface area contributed by atoms with Crippen LogP contribution < -0.4 is 0 Å². The predicted molar refractivity (Wildman–Crippen MR) is 99.2 cm³/mol. The number of rotatable bonds is 6. The predicted octanol–water partition coefficient (Wildman–Crippen LogP) is 3.91. The van der Waals surface area contributed by atoms with E-state index in [0.29, 0.717) is 13.0 Å². The zero-order valence-electron chi connectivity index (χ0n) is 14.5. The molecule has 0 bridgehead atoms. The molecule has 1 aromatic carbocycles. The van der Waals surface area contributed by atoms with E-state index in [-0.39, 0.29) is 17.8 Å². The zero-order chi connectivity index (χ0) is 17.8. The number of amides is 1. The number of carbonyl (C=O) groups is 1. The molecule has 0 radical (unpaired) electrons. The third kappa shape index (κ3) is 3.96. The molecule has 3 rings (SSSR count). The highest BCUT2D eigenvalue weighted by molar-refractivity contribution is 7.08. The maximum atomic E-state index is 13.7. The first-order valence-corrected chi connectivity index (χ1v) is 9.46. The van der Waals surface area contributed by atoms with Gasteiger partial charge in [0.1, 0.15) is 5.82 Å². The molecule has 0 fully saturated rings. The van der Waals surface area contributed by atoms with Gasteiger partial charge in [0.15, 0.2) is 0 Å². The highest BCUT2D eigenvalue weighted by atomic mass is 32.1. The van der Waals surface area contributed by atoms with E-state index in [4.69, 9.17) is 0 Å². The van der Waals surface area contributed by atoms with Gasteiger partial charge >= 0.3 is 0 Å². The summed E-state index contributed by atoms with van der Waals surface area (Å²) >= 11 is 1.60. The summed E-state index contributed by atoms with van der Waals surface area (Å²) < 4.78 is 13.7. The molecule has 1 amide bonds. The van der Waals surface area contributed by atoms with Crippen LogP contribution in [0, 0.1) is 5.82 Å². The summed E-state index contributed by atoms with van der Waals surface area (Å²) in [6.07, 6.45) is 0.601. The molecule has 4 nitrogen and oxygen atoms in total. The monoisotopic (exact) mass is 359 g/mol. The SMILES string of the molecule is CCN(CC)CC(=O)N1N=C(c2ccsc2)C[C@@H]1c1cccc(F)c1. The minimum atomic E-state index is -0.294. The van der Waals surface area contributed by atoms with Crippen LogP contribution in [-0.4, -0.2) is 41.2 Å². The Bertz CT molecular complexity index is 756. The van der Waals surface area contributed by atoms with Gasteiger partial charge in [-0.15, -0.1) is 0 Å². The van der Waals surface area contributed by atoms with Gasteiger partial charge in [-0.3, -0.25) is 9.69 Å². The Morgan fingerprint density at radius 1 is 1.36 bits per heavy atom. The van der Waals surface area contributed by atoms with Crippen molar-refractivity contribution in [1.82, 2.24) is 9.91 Å². The molecule has 2 aromatic rings. The first kappa shape index (κ1) is 17.8. The van der Waals surface area contributed by atoms with E-state index in [1.807, 2.05) is 36.7 Å². The maximum absolute atomic E-state index is 13.7. The minimum Gasteiger partial charge on any atom is -0.295 e. The number of likely N-dealkylation sites (N-methyl/N-ethyl adjacent to an activating group) is 1. The summed E-state index contributed by atoms with van der Waals surface area (Å²) in [5.74, 6) is -0.346.